The average Bonchev–Trinajstić information content (AvgIpc) is 2.71. The second-order valence-corrected chi connectivity index (χ2v) is 5.68. The summed E-state index contributed by atoms with van der Waals surface area (Å²) in [5, 5.41) is 1.06. The van der Waals surface area contributed by atoms with E-state index < -0.39 is 5.97 Å². The van der Waals surface area contributed by atoms with Gasteiger partial charge in [-0.25, -0.2) is 9.78 Å². The van der Waals surface area contributed by atoms with Gasteiger partial charge >= 0.3 is 5.97 Å². The summed E-state index contributed by atoms with van der Waals surface area (Å²) in [7, 11) is 0. The van der Waals surface area contributed by atoms with Crippen molar-refractivity contribution < 1.29 is 19.0 Å². The predicted octanol–water partition coefficient (Wildman–Crippen LogP) is 4.27. The number of pyridine rings is 1. The molecule has 27 heavy (non-hydrogen) atoms. The van der Waals surface area contributed by atoms with Crippen molar-refractivity contribution in [3.05, 3.63) is 72.4 Å². The van der Waals surface area contributed by atoms with Crippen LogP contribution < -0.4 is 9.47 Å². The smallest absolute Gasteiger partial charge is 0.330 e. The number of nitrogens with zero attached hydrogens (tertiary/aromatic N) is 1. The lowest BCUT2D eigenvalue weighted by molar-refractivity contribution is -0.138. The van der Waals surface area contributed by atoms with Crippen molar-refractivity contribution in [3.63, 3.8) is 0 Å². The molecular weight excluding hydrogens is 342 g/mol. The zero-order valence-electron chi connectivity index (χ0n) is 15.1. The molecule has 5 heteroatoms. The monoisotopic (exact) mass is 363 g/mol. The first kappa shape index (κ1) is 18.5. The topological polar surface area (TPSA) is 57.7 Å². The number of esters is 1. The SMILES string of the molecule is CCOc1ccc(OCCOC(=O)/C=C/c2ccc3ccccc3n2)cc1. The predicted molar refractivity (Wildman–Crippen MR) is 105 cm³/mol. The zero-order chi connectivity index (χ0) is 18.9. The minimum atomic E-state index is -0.430. The van der Waals surface area contributed by atoms with Gasteiger partial charge in [0.2, 0.25) is 0 Å². The van der Waals surface area contributed by atoms with Crippen LogP contribution >= 0.6 is 0 Å². The van der Waals surface area contributed by atoms with Gasteiger partial charge in [0, 0.05) is 11.5 Å². The van der Waals surface area contributed by atoms with Crippen molar-refractivity contribution in [3.8, 4) is 11.5 Å². The quantitative estimate of drug-likeness (QED) is 0.340. The summed E-state index contributed by atoms with van der Waals surface area (Å²) in [5.74, 6) is 1.06. The number of hydrogen-bond acceptors (Lipinski definition) is 5. The summed E-state index contributed by atoms with van der Waals surface area (Å²) < 4.78 is 16.0. The van der Waals surface area contributed by atoms with Gasteiger partial charge in [-0.15, -0.1) is 0 Å². The lowest BCUT2D eigenvalue weighted by Gasteiger charge is -2.07. The number of benzene rings is 2. The minimum absolute atomic E-state index is 0.168. The van der Waals surface area contributed by atoms with Crippen LogP contribution in [0.25, 0.3) is 17.0 Å². The molecule has 0 aliphatic heterocycles. The Morgan fingerprint density at radius 1 is 0.926 bits per heavy atom. The molecule has 0 N–H and O–H groups in total. The van der Waals surface area contributed by atoms with Crippen LogP contribution in [-0.2, 0) is 9.53 Å². The minimum Gasteiger partial charge on any atom is -0.494 e. The molecule has 3 aromatic rings. The fourth-order valence-electron chi connectivity index (χ4n) is 2.48. The van der Waals surface area contributed by atoms with Crippen molar-refractivity contribution in [1.29, 1.82) is 0 Å². The maximum Gasteiger partial charge on any atom is 0.330 e. The highest BCUT2D eigenvalue weighted by molar-refractivity contribution is 5.87. The fraction of sp³-hybridized carbons (Fsp3) is 0.182. The second kappa shape index (κ2) is 9.38. The first-order chi connectivity index (χ1) is 13.2. The summed E-state index contributed by atoms with van der Waals surface area (Å²) in [5.41, 5.74) is 1.59. The van der Waals surface area contributed by atoms with Gasteiger partial charge in [0.15, 0.2) is 0 Å². The molecule has 138 valence electrons. The molecule has 0 aliphatic rings. The molecule has 0 amide bonds. The molecule has 0 unspecified atom stereocenters. The molecule has 0 saturated carbocycles. The third-order valence-corrected chi connectivity index (χ3v) is 3.74. The van der Waals surface area contributed by atoms with Crippen molar-refractivity contribution >= 4 is 22.9 Å². The zero-order valence-corrected chi connectivity index (χ0v) is 15.1. The van der Waals surface area contributed by atoms with E-state index in [2.05, 4.69) is 4.98 Å². The number of ether oxygens (including phenoxy) is 3. The van der Waals surface area contributed by atoms with Gasteiger partial charge in [-0.05, 0) is 49.4 Å². The van der Waals surface area contributed by atoms with Crippen molar-refractivity contribution in [2.75, 3.05) is 19.8 Å². The third-order valence-electron chi connectivity index (χ3n) is 3.74. The third kappa shape index (κ3) is 5.57. The van der Waals surface area contributed by atoms with Crippen LogP contribution in [0.4, 0.5) is 0 Å². The lowest BCUT2D eigenvalue weighted by Crippen LogP contribution is -2.10. The molecule has 1 aromatic heterocycles. The van der Waals surface area contributed by atoms with E-state index in [-0.39, 0.29) is 13.2 Å². The van der Waals surface area contributed by atoms with Crippen molar-refractivity contribution in [2.45, 2.75) is 6.92 Å². The number of carbonyl (C=O) groups is 1. The lowest BCUT2D eigenvalue weighted by atomic mass is 10.2. The molecule has 0 fully saturated rings. The van der Waals surface area contributed by atoms with Crippen LogP contribution in [0.15, 0.2) is 66.7 Å². The molecule has 0 spiro atoms. The molecule has 0 atom stereocenters. The number of para-hydroxylation sites is 1. The average molecular weight is 363 g/mol. The molecule has 1 heterocycles. The van der Waals surface area contributed by atoms with E-state index in [0.717, 1.165) is 16.7 Å². The highest BCUT2D eigenvalue weighted by Crippen LogP contribution is 2.17. The Morgan fingerprint density at radius 2 is 1.67 bits per heavy atom. The van der Waals surface area contributed by atoms with Crippen LogP contribution in [0, 0.1) is 0 Å². The Morgan fingerprint density at radius 3 is 2.44 bits per heavy atom. The highest BCUT2D eigenvalue weighted by Gasteiger charge is 2.00. The van der Waals surface area contributed by atoms with E-state index in [1.54, 1.807) is 6.08 Å². The van der Waals surface area contributed by atoms with Crippen molar-refractivity contribution in [1.82, 2.24) is 4.98 Å². The summed E-state index contributed by atoms with van der Waals surface area (Å²) in [6, 6.07) is 19.0. The fourth-order valence-corrected chi connectivity index (χ4v) is 2.48. The van der Waals surface area contributed by atoms with Gasteiger partial charge in [0.1, 0.15) is 24.7 Å². The molecule has 0 aliphatic carbocycles. The normalized spacial score (nSPS) is 10.9. The van der Waals surface area contributed by atoms with E-state index in [4.69, 9.17) is 14.2 Å². The van der Waals surface area contributed by atoms with Crippen molar-refractivity contribution in [2.24, 2.45) is 0 Å². The largest absolute Gasteiger partial charge is 0.494 e. The van der Waals surface area contributed by atoms with Gasteiger partial charge in [-0.2, -0.15) is 0 Å². The van der Waals surface area contributed by atoms with Gasteiger partial charge in [0.25, 0.3) is 0 Å². The van der Waals surface area contributed by atoms with Gasteiger partial charge < -0.3 is 14.2 Å². The van der Waals surface area contributed by atoms with Gasteiger partial charge in [-0.3, -0.25) is 0 Å². The van der Waals surface area contributed by atoms with Crippen LogP contribution in [0.3, 0.4) is 0 Å². The first-order valence-electron chi connectivity index (χ1n) is 8.81. The van der Waals surface area contributed by atoms with Gasteiger partial charge in [-0.1, -0.05) is 24.3 Å². The Balaban J connectivity index is 1.42. The standard InChI is InChI=1S/C22H21NO4/c1-2-25-19-10-12-20(13-11-19)26-15-16-27-22(24)14-9-18-8-7-17-5-3-4-6-21(17)23-18/h3-14H,2,15-16H2,1H3/b14-9+. The Kier molecular flexibility index (Phi) is 6.41. The Labute approximate surface area is 158 Å². The van der Waals surface area contributed by atoms with Crippen LogP contribution in [0.5, 0.6) is 11.5 Å². The Bertz CT molecular complexity index is 919. The van der Waals surface area contributed by atoms with E-state index in [1.165, 1.54) is 6.08 Å². The number of fused-ring (bicyclic) bond motifs is 1. The highest BCUT2D eigenvalue weighted by atomic mass is 16.6. The van der Waals surface area contributed by atoms with Gasteiger partial charge in [0.05, 0.1) is 17.8 Å². The molecule has 5 nitrogen and oxygen atoms in total. The number of carbonyl (C=O) groups excluding carboxylic acids is 1. The molecular formula is C22H21NO4. The molecule has 0 saturated heterocycles. The van der Waals surface area contributed by atoms with E-state index in [0.29, 0.717) is 18.1 Å². The maximum atomic E-state index is 11.8. The Hall–Kier alpha value is -3.34. The van der Waals surface area contributed by atoms with Crippen LogP contribution in [0.1, 0.15) is 12.6 Å². The number of rotatable bonds is 8. The molecule has 0 radical (unpaired) electrons. The number of hydrogen-bond donors (Lipinski definition) is 0. The molecule has 0 bridgehead atoms. The number of aromatic nitrogens is 1. The van der Waals surface area contributed by atoms with E-state index in [9.17, 15) is 4.79 Å². The first-order valence-corrected chi connectivity index (χ1v) is 8.81. The van der Waals surface area contributed by atoms with Crippen LogP contribution in [0.2, 0.25) is 0 Å². The second-order valence-electron chi connectivity index (χ2n) is 5.68. The molecule has 3 rings (SSSR count). The summed E-state index contributed by atoms with van der Waals surface area (Å²) in [6.07, 6.45) is 3.01. The summed E-state index contributed by atoms with van der Waals surface area (Å²) in [6.45, 7) is 3.00. The van der Waals surface area contributed by atoms with Crippen LogP contribution in [-0.4, -0.2) is 30.8 Å². The van der Waals surface area contributed by atoms with E-state index >= 15 is 0 Å². The summed E-state index contributed by atoms with van der Waals surface area (Å²) >= 11 is 0. The maximum absolute atomic E-state index is 11.8. The van der Waals surface area contributed by atoms with E-state index in [1.807, 2.05) is 67.6 Å². The summed E-state index contributed by atoms with van der Waals surface area (Å²) in [4.78, 5) is 16.3. The molecule has 2 aromatic carbocycles.